The third-order valence-corrected chi connectivity index (χ3v) is 8.05. The summed E-state index contributed by atoms with van der Waals surface area (Å²) in [6.45, 7) is 1.74. The van der Waals surface area contributed by atoms with Crippen LogP contribution in [0.15, 0.2) is 60.8 Å². The molecule has 0 saturated carbocycles. The Balaban J connectivity index is 1.61. The molecular formula is C25H23FN4O4S. The summed E-state index contributed by atoms with van der Waals surface area (Å²) in [6.07, 6.45) is 1.99. The molecule has 0 aliphatic carbocycles. The number of aromatic nitrogens is 3. The molecule has 0 radical (unpaired) electrons. The third-order valence-electron chi connectivity index (χ3n) is 6.15. The number of carbonyl (C=O) groups is 1. The van der Waals surface area contributed by atoms with Crippen molar-refractivity contribution in [2.45, 2.75) is 18.9 Å². The van der Waals surface area contributed by atoms with Crippen molar-refractivity contribution in [2.24, 2.45) is 0 Å². The average molecular weight is 495 g/mol. The van der Waals surface area contributed by atoms with E-state index in [2.05, 4.69) is 10.3 Å². The van der Waals surface area contributed by atoms with Crippen LogP contribution in [0.3, 0.4) is 0 Å². The lowest BCUT2D eigenvalue weighted by Gasteiger charge is -2.23. The molecule has 0 bridgehead atoms. The molecule has 8 nitrogen and oxygen atoms in total. The Hall–Kier alpha value is -3.79. The fourth-order valence-electron chi connectivity index (χ4n) is 4.37. The molecule has 1 N–H and O–H groups in total. The lowest BCUT2D eigenvalue weighted by Crippen LogP contribution is -2.46. The molecule has 35 heavy (non-hydrogen) atoms. The number of methoxy groups -OCH3 is 1. The normalized spacial score (nSPS) is 19.1. The maximum Gasteiger partial charge on any atom is 0.251 e. The van der Waals surface area contributed by atoms with Crippen molar-refractivity contribution >= 4 is 26.6 Å². The molecule has 180 valence electrons. The monoisotopic (exact) mass is 494 g/mol. The summed E-state index contributed by atoms with van der Waals surface area (Å²) in [5.41, 5.74) is 2.22. The number of fused-ring (bicyclic) bond motifs is 1. The van der Waals surface area contributed by atoms with Gasteiger partial charge in [-0.15, -0.1) is 0 Å². The Kier molecular flexibility index (Phi) is 5.55. The highest BCUT2D eigenvalue weighted by atomic mass is 32.2. The van der Waals surface area contributed by atoms with Gasteiger partial charge in [-0.05, 0) is 61.9 Å². The smallest absolute Gasteiger partial charge is 0.251 e. The number of nitrogens with zero attached hydrogens (tertiary/aromatic N) is 3. The largest absolute Gasteiger partial charge is 0.481 e. The summed E-state index contributed by atoms with van der Waals surface area (Å²) in [5.74, 6) is -0.341. The van der Waals surface area contributed by atoms with E-state index in [4.69, 9.17) is 9.84 Å². The Labute approximate surface area is 201 Å². The molecule has 10 heteroatoms. The van der Waals surface area contributed by atoms with Gasteiger partial charge in [-0.2, -0.15) is 5.10 Å². The molecule has 1 amide bonds. The molecule has 2 aromatic carbocycles. The van der Waals surface area contributed by atoms with Crippen LogP contribution in [-0.4, -0.2) is 53.2 Å². The van der Waals surface area contributed by atoms with Crippen LogP contribution in [0.4, 0.5) is 4.39 Å². The quantitative estimate of drug-likeness (QED) is 0.455. The van der Waals surface area contributed by atoms with Crippen molar-refractivity contribution in [3.05, 3.63) is 72.2 Å². The number of amides is 1. The number of nitrogens with one attached hydrogen (secondary N) is 1. The first kappa shape index (κ1) is 23.0. The summed E-state index contributed by atoms with van der Waals surface area (Å²) < 4.78 is 44.4. The van der Waals surface area contributed by atoms with Crippen LogP contribution < -0.4 is 10.1 Å². The molecule has 4 aromatic rings. The average Bonchev–Trinajstić information content (AvgIpc) is 3.35. The van der Waals surface area contributed by atoms with Gasteiger partial charge in [0.25, 0.3) is 5.91 Å². The lowest BCUT2D eigenvalue weighted by atomic mass is 10.0. The van der Waals surface area contributed by atoms with Gasteiger partial charge < -0.3 is 10.1 Å². The standard InChI is InChI=1S/C25H23FN4O4S/c1-25(10-12-35(32,33)15-25)28-24(31)17-3-8-20-21(13-17)30(19-6-4-18(26)5-7-19)29-23(20)16-9-11-27-22(14-16)34-2/h3-9,11,13-14H,10,12,15H2,1-2H3,(H,28,31). The molecule has 2 aromatic heterocycles. The highest BCUT2D eigenvalue weighted by molar-refractivity contribution is 7.91. The van der Waals surface area contributed by atoms with Gasteiger partial charge in [-0.1, -0.05) is 0 Å². The summed E-state index contributed by atoms with van der Waals surface area (Å²) in [4.78, 5) is 17.3. The fraction of sp³-hybridized carbons (Fsp3) is 0.240. The van der Waals surface area contributed by atoms with Crippen molar-refractivity contribution in [3.8, 4) is 22.8 Å². The molecule has 1 aliphatic rings. The maximum absolute atomic E-state index is 13.6. The number of hydrogen-bond acceptors (Lipinski definition) is 6. The Bertz CT molecular complexity index is 1550. The molecule has 1 atom stereocenters. The highest BCUT2D eigenvalue weighted by Crippen LogP contribution is 2.32. The van der Waals surface area contributed by atoms with E-state index in [0.29, 0.717) is 34.8 Å². The van der Waals surface area contributed by atoms with Crippen LogP contribution in [0.1, 0.15) is 23.7 Å². The van der Waals surface area contributed by atoms with Crippen molar-refractivity contribution in [2.75, 3.05) is 18.6 Å². The van der Waals surface area contributed by atoms with E-state index in [9.17, 15) is 17.6 Å². The van der Waals surface area contributed by atoms with Crippen LogP contribution >= 0.6 is 0 Å². The number of ether oxygens (including phenoxy) is 1. The number of hydrogen-bond donors (Lipinski definition) is 1. The van der Waals surface area contributed by atoms with Crippen molar-refractivity contribution in [3.63, 3.8) is 0 Å². The van der Waals surface area contributed by atoms with Crippen LogP contribution in [0.2, 0.25) is 0 Å². The molecule has 0 spiro atoms. The number of carbonyl (C=O) groups excluding carboxylic acids is 1. The highest BCUT2D eigenvalue weighted by Gasteiger charge is 2.39. The van der Waals surface area contributed by atoms with E-state index in [1.54, 1.807) is 60.3 Å². The van der Waals surface area contributed by atoms with E-state index in [-0.39, 0.29) is 23.2 Å². The number of pyridine rings is 1. The van der Waals surface area contributed by atoms with Gasteiger partial charge in [0.1, 0.15) is 11.5 Å². The van der Waals surface area contributed by atoms with Crippen LogP contribution in [-0.2, 0) is 9.84 Å². The van der Waals surface area contributed by atoms with Gasteiger partial charge in [0.15, 0.2) is 9.84 Å². The minimum absolute atomic E-state index is 0.0545. The minimum Gasteiger partial charge on any atom is -0.481 e. The van der Waals surface area contributed by atoms with E-state index >= 15 is 0 Å². The second kappa shape index (κ2) is 8.46. The summed E-state index contributed by atoms with van der Waals surface area (Å²) in [5, 5.41) is 8.43. The number of halogens is 1. The predicted molar refractivity (Wildman–Crippen MR) is 130 cm³/mol. The molecule has 1 aliphatic heterocycles. The van der Waals surface area contributed by atoms with Crippen LogP contribution in [0.25, 0.3) is 27.8 Å². The number of sulfone groups is 1. The first-order chi connectivity index (χ1) is 16.7. The SMILES string of the molecule is COc1cc(-c2nn(-c3ccc(F)cc3)c3cc(C(=O)NC4(C)CCS(=O)(=O)C4)ccc23)ccn1. The minimum atomic E-state index is -3.17. The molecule has 1 fully saturated rings. The zero-order chi connectivity index (χ0) is 24.8. The zero-order valence-electron chi connectivity index (χ0n) is 19.2. The van der Waals surface area contributed by atoms with E-state index in [0.717, 1.165) is 10.9 Å². The van der Waals surface area contributed by atoms with Crippen molar-refractivity contribution < 1.29 is 22.3 Å². The van der Waals surface area contributed by atoms with E-state index < -0.39 is 15.4 Å². The van der Waals surface area contributed by atoms with Crippen LogP contribution in [0, 0.1) is 5.82 Å². The van der Waals surface area contributed by atoms with Crippen molar-refractivity contribution in [1.29, 1.82) is 0 Å². The van der Waals surface area contributed by atoms with Crippen molar-refractivity contribution in [1.82, 2.24) is 20.1 Å². The predicted octanol–water partition coefficient (Wildman–Crippen LogP) is 3.54. The van der Waals surface area contributed by atoms with Gasteiger partial charge in [0.2, 0.25) is 5.88 Å². The second-order valence-corrected chi connectivity index (χ2v) is 11.1. The summed E-state index contributed by atoms with van der Waals surface area (Å²) in [7, 11) is -1.64. The number of benzene rings is 2. The fourth-order valence-corrected chi connectivity index (χ4v) is 6.47. The molecule has 3 heterocycles. The first-order valence-corrected chi connectivity index (χ1v) is 12.8. The van der Waals surface area contributed by atoms with Gasteiger partial charge in [-0.3, -0.25) is 4.79 Å². The lowest BCUT2D eigenvalue weighted by molar-refractivity contribution is 0.0915. The van der Waals surface area contributed by atoms with E-state index in [1.807, 2.05) is 0 Å². The Morgan fingerprint density at radius 2 is 1.91 bits per heavy atom. The topological polar surface area (TPSA) is 103 Å². The van der Waals surface area contributed by atoms with Gasteiger partial charge >= 0.3 is 0 Å². The molecular weight excluding hydrogens is 471 g/mol. The number of rotatable bonds is 5. The molecule has 5 rings (SSSR count). The Morgan fingerprint density at radius 1 is 1.14 bits per heavy atom. The molecule has 1 saturated heterocycles. The van der Waals surface area contributed by atoms with Gasteiger partial charge in [0, 0.05) is 28.8 Å². The zero-order valence-corrected chi connectivity index (χ0v) is 20.0. The molecule has 1 unspecified atom stereocenters. The van der Waals surface area contributed by atoms with Gasteiger partial charge in [0.05, 0.1) is 35.4 Å². The Morgan fingerprint density at radius 3 is 2.60 bits per heavy atom. The van der Waals surface area contributed by atoms with E-state index in [1.165, 1.54) is 19.2 Å². The summed E-state index contributed by atoms with van der Waals surface area (Å²) >= 11 is 0. The first-order valence-electron chi connectivity index (χ1n) is 11.0. The van der Waals surface area contributed by atoms with Crippen LogP contribution in [0.5, 0.6) is 5.88 Å². The summed E-state index contributed by atoms with van der Waals surface area (Å²) in [6, 6.07) is 14.7. The maximum atomic E-state index is 13.6. The second-order valence-electron chi connectivity index (χ2n) is 8.91. The third kappa shape index (κ3) is 4.49. The van der Waals surface area contributed by atoms with Gasteiger partial charge in [-0.25, -0.2) is 22.5 Å².